The van der Waals surface area contributed by atoms with E-state index in [-0.39, 0.29) is 5.91 Å². The van der Waals surface area contributed by atoms with Crippen molar-refractivity contribution in [1.82, 2.24) is 4.90 Å². The maximum absolute atomic E-state index is 11.6. The molecule has 3 nitrogen and oxygen atoms in total. The highest BCUT2D eigenvalue weighted by Gasteiger charge is 2.33. The van der Waals surface area contributed by atoms with Gasteiger partial charge in [0.15, 0.2) is 0 Å². The molecule has 0 aromatic rings. The van der Waals surface area contributed by atoms with Crippen molar-refractivity contribution in [2.45, 2.75) is 38.2 Å². The molecule has 1 rings (SSSR count). The number of hydrogen-bond acceptors (Lipinski definition) is 2. The number of carbonyl (C=O) groups is 1. The Morgan fingerprint density at radius 1 is 1.57 bits per heavy atom. The van der Waals surface area contributed by atoms with Gasteiger partial charge in [0.05, 0.1) is 5.60 Å². The Hall–Kier alpha value is -0.0900. The van der Waals surface area contributed by atoms with E-state index in [0.29, 0.717) is 25.9 Å². The van der Waals surface area contributed by atoms with Crippen LogP contribution in [0.1, 0.15) is 32.6 Å². The molecular formula is C10H18BrNO2. The van der Waals surface area contributed by atoms with E-state index in [9.17, 15) is 9.90 Å². The molecule has 0 aliphatic carbocycles. The van der Waals surface area contributed by atoms with Gasteiger partial charge in [-0.25, -0.2) is 0 Å². The molecule has 82 valence electrons. The Morgan fingerprint density at radius 2 is 2.29 bits per heavy atom. The summed E-state index contributed by atoms with van der Waals surface area (Å²) in [5, 5.41) is 10.6. The van der Waals surface area contributed by atoms with Crippen molar-refractivity contribution in [3.63, 3.8) is 0 Å². The van der Waals surface area contributed by atoms with Crippen LogP contribution < -0.4 is 0 Å². The molecule has 0 spiro atoms. The number of β-amino-alcohol motifs (C(OH)–C–C–N with tert-alkyl or cyclic N) is 1. The summed E-state index contributed by atoms with van der Waals surface area (Å²) in [5.74, 6) is 0.184. The zero-order valence-electron chi connectivity index (χ0n) is 8.63. The number of carbonyl (C=O) groups excluding carboxylic acids is 1. The maximum Gasteiger partial charge on any atom is 0.222 e. The lowest BCUT2D eigenvalue weighted by Crippen LogP contribution is -2.33. The molecular weight excluding hydrogens is 246 g/mol. The lowest BCUT2D eigenvalue weighted by Gasteiger charge is -2.18. The first-order valence-corrected chi connectivity index (χ1v) is 6.23. The zero-order chi connectivity index (χ0) is 10.6. The van der Waals surface area contributed by atoms with Gasteiger partial charge in [0.25, 0.3) is 0 Å². The second-order valence-corrected chi connectivity index (χ2v) is 5.00. The summed E-state index contributed by atoms with van der Waals surface area (Å²) >= 11 is 3.34. The minimum absolute atomic E-state index is 0.184. The predicted molar refractivity (Wildman–Crippen MR) is 59.5 cm³/mol. The number of halogens is 1. The van der Waals surface area contributed by atoms with Crippen LogP contribution >= 0.6 is 15.9 Å². The van der Waals surface area contributed by atoms with Crippen LogP contribution in [0.4, 0.5) is 0 Å². The van der Waals surface area contributed by atoms with E-state index in [1.54, 1.807) is 11.8 Å². The summed E-state index contributed by atoms with van der Waals surface area (Å²) in [6.07, 6.45) is 3.29. The van der Waals surface area contributed by atoms with Gasteiger partial charge in [-0.05, 0) is 26.2 Å². The highest BCUT2D eigenvalue weighted by molar-refractivity contribution is 9.09. The van der Waals surface area contributed by atoms with Crippen molar-refractivity contribution in [3.05, 3.63) is 0 Å². The standard InChI is InChI=1S/C10H18BrNO2/c1-10(14)5-7-12(8-10)9(13)4-2-3-6-11/h14H,2-8H2,1H3. The van der Waals surface area contributed by atoms with Crippen LogP contribution in [0.25, 0.3) is 0 Å². The average molecular weight is 264 g/mol. The Bertz CT molecular complexity index is 206. The van der Waals surface area contributed by atoms with Crippen molar-refractivity contribution in [3.8, 4) is 0 Å². The second kappa shape index (κ2) is 5.12. The van der Waals surface area contributed by atoms with Gasteiger partial charge in [0.1, 0.15) is 0 Å². The van der Waals surface area contributed by atoms with Gasteiger partial charge in [0.2, 0.25) is 5.91 Å². The van der Waals surface area contributed by atoms with Crippen molar-refractivity contribution in [2.75, 3.05) is 18.4 Å². The molecule has 1 saturated heterocycles. The minimum atomic E-state index is -0.662. The first kappa shape index (κ1) is 12.0. The predicted octanol–water partition coefficient (Wildman–Crippen LogP) is 1.53. The van der Waals surface area contributed by atoms with Crippen molar-refractivity contribution in [1.29, 1.82) is 0 Å². The number of nitrogens with zero attached hydrogens (tertiary/aromatic N) is 1. The summed E-state index contributed by atoms with van der Waals surface area (Å²) in [4.78, 5) is 13.4. The van der Waals surface area contributed by atoms with Crippen LogP contribution in [0.15, 0.2) is 0 Å². The molecule has 0 saturated carbocycles. The molecule has 1 amide bonds. The Kier molecular flexibility index (Phi) is 4.38. The fourth-order valence-corrected chi connectivity index (χ4v) is 2.08. The van der Waals surface area contributed by atoms with Crippen LogP contribution in [0.3, 0.4) is 0 Å². The molecule has 14 heavy (non-hydrogen) atoms. The molecule has 1 heterocycles. The summed E-state index contributed by atoms with van der Waals surface area (Å²) in [7, 11) is 0. The molecule has 1 unspecified atom stereocenters. The molecule has 1 atom stereocenters. The third-order valence-corrected chi connectivity index (χ3v) is 3.14. The van der Waals surface area contributed by atoms with Crippen LogP contribution in [-0.2, 0) is 4.79 Å². The summed E-state index contributed by atoms with van der Waals surface area (Å²) in [6, 6.07) is 0. The SMILES string of the molecule is CC1(O)CCN(C(=O)CCCCBr)C1. The normalized spacial score (nSPS) is 26.9. The number of hydrogen-bond donors (Lipinski definition) is 1. The monoisotopic (exact) mass is 263 g/mol. The molecule has 4 heteroatoms. The summed E-state index contributed by atoms with van der Waals surface area (Å²) in [5.41, 5.74) is -0.662. The van der Waals surface area contributed by atoms with E-state index >= 15 is 0 Å². The fourth-order valence-electron chi connectivity index (χ4n) is 1.69. The smallest absolute Gasteiger partial charge is 0.222 e. The molecule has 1 aliphatic heterocycles. The zero-order valence-corrected chi connectivity index (χ0v) is 10.2. The second-order valence-electron chi connectivity index (χ2n) is 4.21. The lowest BCUT2D eigenvalue weighted by molar-refractivity contribution is -0.131. The van der Waals surface area contributed by atoms with Gasteiger partial charge in [-0.2, -0.15) is 0 Å². The van der Waals surface area contributed by atoms with Crippen LogP contribution in [0.5, 0.6) is 0 Å². The van der Waals surface area contributed by atoms with E-state index in [1.165, 1.54) is 0 Å². The van der Waals surface area contributed by atoms with Gasteiger partial charge in [0, 0.05) is 24.8 Å². The van der Waals surface area contributed by atoms with E-state index in [4.69, 9.17) is 0 Å². The topological polar surface area (TPSA) is 40.5 Å². The van der Waals surface area contributed by atoms with Gasteiger partial charge in [-0.3, -0.25) is 4.79 Å². The average Bonchev–Trinajstić information content (AvgIpc) is 2.46. The molecule has 0 bridgehead atoms. The molecule has 0 aromatic carbocycles. The molecule has 0 radical (unpaired) electrons. The van der Waals surface area contributed by atoms with E-state index in [2.05, 4.69) is 15.9 Å². The van der Waals surface area contributed by atoms with Gasteiger partial charge < -0.3 is 10.0 Å². The number of rotatable bonds is 4. The first-order chi connectivity index (χ1) is 6.55. The third kappa shape index (κ3) is 3.58. The number of unbranched alkanes of at least 4 members (excludes halogenated alkanes) is 1. The number of amides is 1. The molecule has 1 N–H and O–H groups in total. The highest BCUT2D eigenvalue weighted by Crippen LogP contribution is 2.21. The summed E-state index contributed by atoms with van der Waals surface area (Å²) in [6.45, 7) is 3.00. The molecule has 1 aliphatic rings. The molecule has 1 fully saturated rings. The Balaban J connectivity index is 2.25. The van der Waals surface area contributed by atoms with Gasteiger partial charge >= 0.3 is 0 Å². The fraction of sp³-hybridized carbons (Fsp3) is 0.900. The van der Waals surface area contributed by atoms with Gasteiger partial charge in [-0.1, -0.05) is 15.9 Å². The largest absolute Gasteiger partial charge is 0.388 e. The summed E-state index contributed by atoms with van der Waals surface area (Å²) < 4.78 is 0. The minimum Gasteiger partial charge on any atom is -0.388 e. The first-order valence-electron chi connectivity index (χ1n) is 5.11. The van der Waals surface area contributed by atoms with Crippen LogP contribution in [-0.4, -0.2) is 39.9 Å². The Morgan fingerprint density at radius 3 is 2.79 bits per heavy atom. The molecule has 0 aromatic heterocycles. The van der Waals surface area contributed by atoms with Crippen molar-refractivity contribution in [2.24, 2.45) is 0 Å². The maximum atomic E-state index is 11.6. The number of likely N-dealkylation sites (tertiary alicyclic amines) is 1. The van der Waals surface area contributed by atoms with Gasteiger partial charge in [-0.15, -0.1) is 0 Å². The van der Waals surface area contributed by atoms with E-state index in [1.807, 2.05) is 0 Å². The van der Waals surface area contributed by atoms with E-state index in [0.717, 1.165) is 18.2 Å². The Labute approximate surface area is 93.6 Å². The third-order valence-electron chi connectivity index (χ3n) is 2.58. The van der Waals surface area contributed by atoms with E-state index < -0.39 is 5.60 Å². The number of aliphatic hydroxyl groups is 1. The lowest BCUT2D eigenvalue weighted by atomic mass is 10.1. The number of alkyl halides is 1. The van der Waals surface area contributed by atoms with Crippen molar-refractivity contribution >= 4 is 21.8 Å². The quantitative estimate of drug-likeness (QED) is 0.618. The van der Waals surface area contributed by atoms with Crippen molar-refractivity contribution < 1.29 is 9.90 Å². The highest BCUT2D eigenvalue weighted by atomic mass is 79.9. The van der Waals surface area contributed by atoms with Crippen LogP contribution in [0, 0.1) is 0 Å². The van der Waals surface area contributed by atoms with Crippen LogP contribution in [0.2, 0.25) is 0 Å².